The number of rotatable bonds is 4. The van der Waals surface area contributed by atoms with Crippen LogP contribution in [0.3, 0.4) is 0 Å². The lowest BCUT2D eigenvalue weighted by molar-refractivity contribution is 0.312. The molecule has 1 fully saturated rings. The van der Waals surface area contributed by atoms with Crippen LogP contribution in [0.2, 0.25) is 0 Å². The van der Waals surface area contributed by atoms with Crippen LogP contribution in [0.15, 0.2) is 53.5 Å². The van der Waals surface area contributed by atoms with E-state index < -0.39 is 0 Å². The molecule has 0 atom stereocenters. The first-order chi connectivity index (χ1) is 13.5. The lowest BCUT2D eigenvalue weighted by atomic mass is 10.1. The Kier molecular flexibility index (Phi) is 5.05. The molecule has 0 amide bonds. The lowest BCUT2D eigenvalue weighted by Crippen LogP contribution is -2.44. The number of halogens is 1. The topological polar surface area (TPSA) is 54.5 Å². The third-order valence-corrected chi connectivity index (χ3v) is 5.50. The molecule has 146 valence electrons. The molecule has 2 N–H and O–H groups in total. The van der Waals surface area contributed by atoms with Crippen molar-refractivity contribution in [3.63, 3.8) is 0 Å². The van der Waals surface area contributed by atoms with Gasteiger partial charge in [0.15, 0.2) is 0 Å². The normalized spacial score (nSPS) is 15.3. The molecular weight excluding hydrogens is 355 g/mol. The molecule has 1 saturated heterocycles. The smallest absolute Gasteiger partial charge is 0.212 e. The van der Waals surface area contributed by atoms with Gasteiger partial charge < -0.3 is 20.1 Å². The van der Waals surface area contributed by atoms with Gasteiger partial charge in [-0.3, -0.25) is 4.79 Å². The summed E-state index contributed by atoms with van der Waals surface area (Å²) in [6.07, 6.45) is 2.48. The van der Waals surface area contributed by atoms with E-state index in [0.29, 0.717) is 17.6 Å². The van der Waals surface area contributed by atoms with E-state index >= 15 is 0 Å². The Morgan fingerprint density at radius 1 is 1.07 bits per heavy atom. The first-order valence-electron chi connectivity index (χ1n) is 9.62. The second-order valence-electron chi connectivity index (χ2n) is 7.45. The van der Waals surface area contributed by atoms with Crippen molar-refractivity contribution >= 4 is 22.3 Å². The van der Waals surface area contributed by atoms with Crippen molar-refractivity contribution in [1.82, 2.24) is 9.47 Å². The molecule has 0 bridgehead atoms. The van der Waals surface area contributed by atoms with E-state index in [1.54, 1.807) is 6.20 Å². The summed E-state index contributed by atoms with van der Waals surface area (Å²) in [4.78, 5) is 16.8. The molecule has 4 rings (SSSR count). The summed E-state index contributed by atoms with van der Waals surface area (Å²) in [5.41, 5.74) is 8.25. The minimum Gasteiger partial charge on any atom is -0.394 e. The highest BCUT2D eigenvalue weighted by Crippen LogP contribution is 2.26. The van der Waals surface area contributed by atoms with Crippen molar-refractivity contribution in [3.05, 3.63) is 70.3 Å². The Morgan fingerprint density at radius 3 is 2.50 bits per heavy atom. The molecule has 0 saturated carbocycles. The van der Waals surface area contributed by atoms with Crippen LogP contribution in [0.5, 0.6) is 0 Å². The summed E-state index contributed by atoms with van der Waals surface area (Å²) < 4.78 is 16.8. The average Bonchev–Trinajstić information content (AvgIpc) is 2.71. The largest absolute Gasteiger partial charge is 0.394 e. The molecule has 2 aromatic carbocycles. The molecule has 0 spiro atoms. The van der Waals surface area contributed by atoms with E-state index in [-0.39, 0.29) is 16.9 Å². The van der Waals surface area contributed by atoms with Crippen LogP contribution in [0.1, 0.15) is 5.56 Å². The number of anilines is 2. The third-order valence-electron chi connectivity index (χ3n) is 5.50. The van der Waals surface area contributed by atoms with Gasteiger partial charge >= 0.3 is 0 Å². The van der Waals surface area contributed by atoms with Gasteiger partial charge in [-0.05, 0) is 31.2 Å². The van der Waals surface area contributed by atoms with Crippen LogP contribution >= 0.6 is 0 Å². The zero-order chi connectivity index (χ0) is 19.7. The zero-order valence-corrected chi connectivity index (χ0v) is 16.1. The molecule has 1 aliphatic rings. The number of likely N-dealkylation sites (N-methyl/N-ethyl adjacent to an activating group) is 1. The van der Waals surface area contributed by atoms with Crippen LogP contribution in [-0.4, -0.2) is 42.7 Å². The van der Waals surface area contributed by atoms with Gasteiger partial charge in [-0.15, -0.1) is 0 Å². The fraction of sp³-hybridized carbons (Fsp3) is 0.318. The highest BCUT2D eigenvalue weighted by molar-refractivity contribution is 5.85. The molecule has 6 heteroatoms. The predicted molar refractivity (Wildman–Crippen MR) is 112 cm³/mol. The molecule has 28 heavy (non-hydrogen) atoms. The molecule has 2 heterocycles. The predicted octanol–water partition coefficient (Wildman–Crippen LogP) is 2.72. The molecule has 5 nitrogen and oxygen atoms in total. The summed E-state index contributed by atoms with van der Waals surface area (Å²) in [6, 6.07) is 13.3. The van der Waals surface area contributed by atoms with E-state index in [4.69, 9.17) is 5.73 Å². The molecule has 0 aliphatic carbocycles. The highest BCUT2D eigenvalue weighted by atomic mass is 19.1. The Balaban J connectivity index is 1.74. The summed E-state index contributed by atoms with van der Waals surface area (Å²) in [5, 5.41) is 0.337. The van der Waals surface area contributed by atoms with Crippen LogP contribution in [0.4, 0.5) is 15.8 Å². The van der Waals surface area contributed by atoms with Gasteiger partial charge in [0.2, 0.25) is 5.43 Å². The minimum atomic E-state index is -0.366. The number of aryl methyl sites for hydroxylation is 2. The van der Waals surface area contributed by atoms with Crippen molar-refractivity contribution < 1.29 is 4.39 Å². The average molecular weight is 380 g/mol. The van der Waals surface area contributed by atoms with E-state index in [1.165, 1.54) is 11.6 Å². The maximum absolute atomic E-state index is 14.9. The van der Waals surface area contributed by atoms with Crippen molar-refractivity contribution in [3.8, 4) is 0 Å². The van der Waals surface area contributed by atoms with Gasteiger partial charge in [-0.2, -0.15) is 0 Å². The Bertz CT molecular complexity index is 1040. The lowest BCUT2D eigenvalue weighted by Gasteiger charge is -2.34. The summed E-state index contributed by atoms with van der Waals surface area (Å²) in [7, 11) is 2.07. The zero-order valence-electron chi connectivity index (χ0n) is 16.1. The number of nitrogen functional groups attached to an aromatic ring is 1. The van der Waals surface area contributed by atoms with Crippen LogP contribution in [-0.2, 0) is 13.0 Å². The second kappa shape index (κ2) is 7.64. The van der Waals surface area contributed by atoms with Gasteiger partial charge in [0.25, 0.3) is 0 Å². The number of aromatic nitrogens is 1. The van der Waals surface area contributed by atoms with Crippen molar-refractivity contribution in [1.29, 1.82) is 0 Å². The molecular formula is C22H25FN4O. The number of nitrogens with zero attached hydrogens (tertiary/aromatic N) is 3. The number of fused-ring (bicyclic) bond motifs is 1. The van der Waals surface area contributed by atoms with Crippen LogP contribution < -0.4 is 16.1 Å². The number of hydrogen-bond donors (Lipinski definition) is 1. The number of hydrogen-bond acceptors (Lipinski definition) is 4. The van der Waals surface area contributed by atoms with Gasteiger partial charge in [0, 0.05) is 38.9 Å². The fourth-order valence-electron chi connectivity index (χ4n) is 3.79. The maximum Gasteiger partial charge on any atom is 0.212 e. The molecule has 1 aliphatic heterocycles. The minimum absolute atomic E-state index is 0.146. The molecule has 1 aromatic heterocycles. The fourth-order valence-corrected chi connectivity index (χ4v) is 3.79. The maximum atomic E-state index is 14.9. The van der Waals surface area contributed by atoms with Crippen molar-refractivity contribution in [2.75, 3.05) is 43.9 Å². The van der Waals surface area contributed by atoms with Crippen LogP contribution in [0.25, 0.3) is 10.9 Å². The van der Waals surface area contributed by atoms with Gasteiger partial charge in [-0.25, -0.2) is 4.39 Å². The monoisotopic (exact) mass is 380 g/mol. The Hall–Kier alpha value is -2.86. The Labute approximate surface area is 163 Å². The molecule has 3 aromatic rings. The summed E-state index contributed by atoms with van der Waals surface area (Å²) >= 11 is 0. The molecule has 0 radical (unpaired) electrons. The Morgan fingerprint density at radius 2 is 1.79 bits per heavy atom. The van der Waals surface area contributed by atoms with E-state index in [1.807, 2.05) is 28.8 Å². The SMILES string of the molecule is CN1CCN(c2cc3c(cc2F)c(=O)c(N)cn3CCc2ccccc2)CC1. The number of nitrogens with two attached hydrogens (primary N) is 1. The van der Waals surface area contributed by atoms with E-state index in [2.05, 4.69) is 29.0 Å². The molecule has 0 unspecified atom stereocenters. The summed E-state index contributed by atoms with van der Waals surface area (Å²) in [5.74, 6) is -0.366. The number of benzene rings is 2. The van der Waals surface area contributed by atoms with Crippen molar-refractivity contribution in [2.24, 2.45) is 0 Å². The second-order valence-corrected chi connectivity index (χ2v) is 7.45. The third kappa shape index (κ3) is 3.60. The first-order valence-corrected chi connectivity index (χ1v) is 9.62. The highest BCUT2D eigenvalue weighted by Gasteiger charge is 2.20. The summed E-state index contributed by atoms with van der Waals surface area (Å²) in [6.45, 7) is 3.98. The standard InChI is InChI=1S/C22H25FN4O/c1-25-9-11-26(12-10-25)21-14-20-17(13-18(21)23)22(28)19(24)15-27(20)8-7-16-5-3-2-4-6-16/h2-6,13-15H,7-12,24H2,1H3. The number of pyridine rings is 1. The number of piperazine rings is 1. The quantitative estimate of drug-likeness (QED) is 0.756. The van der Waals surface area contributed by atoms with Gasteiger partial charge in [0.1, 0.15) is 5.82 Å². The van der Waals surface area contributed by atoms with Gasteiger partial charge in [0.05, 0.1) is 22.3 Å². The van der Waals surface area contributed by atoms with Gasteiger partial charge in [-0.1, -0.05) is 30.3 Å². The van der Waals surface area contributed by atoms with Crippen LogP contribution in [0, 0.1) is 5.82 Å². The van der Waals surface area contributed by atoms with Crippen molar-refractivity contribution in [2.45, 2.75) is 13.0 Å². The van der Waals surface area contributed by atoms with E-state index in [9.17, 15) is 9.18 Å². The first kappa shape index (κ1) is 18.5. The van der Waals surface area contributed by atoms with E-state index in [0.717, 1.165) is 38.1 Å².